The summed E-state index contributed by atoms with van der Waals surface area (Å²) >= 11 is 0. The Labute approximate surface area is 161 Å². The summed E-state index contributed by atoms with van der Waals surface area (Å²) in [5, 5.41) is 8.23. The maximum atomic E-state index is 13.4. The number of rotatable bonds is 5. The van der Waals surface area contributed by atoms with Crippen molar-refractivity contribution in [2.45, 2.75) is 32.4 Å². The van der Waals surface area contributed by atoms with Gasteiger partial charge in [0.25, 0.3) is 0 Å². The van der Waals surface area contributed by atoms with E-state index in [-0.39, 0.29) is 23.9 Å². The minimum atomic E-state index is -0.329. The van der Waals surface area contributed by atoms with Gasteiger partial charge in [0.15, 0.2) is 5.82 Å². The monoisotopic (exact) mass is 383 g/mol. The van der Waals surface area contributed by atoms with Crippen molar-refractivity contribution in [3.05, 3.63) is 48.3 Å². The molecule has 1 fully saturated rings. The molecule has 1 saturated heterocycles. The quantitative estimate of drug-likeness (QED) is 0.631. The van der Waals surface area contributed by atoms with Gasteiger partial charge in [-0.3, -0.25) is 10.2 Å². The largest absolute Gasteiger partial charge is 0.490 e. The van der Waals surface area contributed by atoms with Gasteiger partial charge in [0.1, 0.15) is 17.6 Å². The van der Waals surface area contributed by atoms with Gasteiger partial charge in [-0.2, -0.15) is 0 Å². The lowest BCUT2D eigenvalue weighted by atomic mass is 10.2. The third-order valence-electron chi connectivity index (χ3n) is 4.50. The Morgan fingerprint density at radius 2 is 2.07 bits per heavy atom. The first kappa shape index (κ1) is 18.4. The van der Waals surface area contributed by atoms with Crippen molar-refractivity contribution < 1.29 is 13.9 Å². The maximum absolute atomic E-state index is 13.4. The van der Waals surface area contributed by atoms with Gasteiger partial charge < -0.3 is 10.1 Å². The molecule has 0 bridgehead atoms. The van der Waals surface area contributed by atoms with Crippen LogP contribution in [-0.4, -0.2) is 34.4 Å². The minimum absolute atomic E-state index is 0.0379. The summed E-state index contributed by atoms with van der Waals surface area (Å²) in [5.41, 5.74) is 7.35. The Bertz CT molecular complexity index is 994. The molecule has 2 aromatic carbocycles. The molecule has 0 spiro atoms. The lowest BCUT2D eigenvalue weighted by Crippen LogP contribution is -2.39. The standard InChI is InChI=1S/C20H22FN5O2/c1-12(2)28-17-5-3-4-16-18(17)19(23-20(27)15-10-11-22-24-15)25-26(16)14-8-6-13(21)7-9-14/h3-9,12,15,22,24H,10-11H2,1-2H3,(H,23,25,27). The van der Waals surface area contributed by atoms with E-state index in [1.54, 1.807) is 16.8 Å². The average molecular weight is 383 g/mol. The van der Waals surface area contributed by atoms with Gasteiger partial charge >= 0.3 is 0 Å². The summed E-state index contributed by atoms with van der Waals surface area (Å²) in [6.45, 7) is 4.61. The lowest BCUT2D eigenvalue weighted by Gasteiger charge is -2.12. The molecule has 1 aliphatic heterocycles. The molecule has 8 heteroatoms. The van der Waals surface area contributed by atoms with Crippen LogP contribution in [0.25, 0.3) is 16.6 Å². The normalized spacial score (nSPS) is 16.6. The van der Waals surface area contributed by atoms with E-state index >= 15 is 0 Å². The number of fused-ring (bicyclic) bond motifs is 1. The number of ether oxygens (including phenoxy) is 1. The zero-order valence-electron chi connectivity index (χ0n) is 15.7. The van der Waals surface area contributed by atoms with Crippen molar-refractivity contribution in [3.63, 3.8) is 0 Å². The molecule has 1 aliphatic rings. The number of anilines is 1. The Kier molecular flexibility index (Phi) is 4.97. The number of hydrazine groups is 1. The molecule has 146 valence electrons. The fourth-order valence-corrected chi connectivity index (χ4v) is 3.24. The van der Waals surface area contributed by atoms with Crippen LogP contribution in [0.15, 0.2) is 42.5 Å². The van der Waals surface area contributed by atoms with Crippen LogP contribution < -0.4 is 20.9 Å². The van der Waals surface area contributed by atoms with E-state index in [0.29, 0.717) is 29.1 Å². The van der Waals surface area contributed by atoms with Crippen LogP contribution in [0.2, 0.25) is 0 Å². The molecule has 1 aromatic heterocycles. The van der Waals surface area contributed by atoms with Crippen LogP contribution in [0.5, 0.6) is 5.75 Å². The Morgan fingerprint density at radius 3 is 2.75 bits per heavy atom. The zero-order chi connectivity index (χ0) is 19.7. The van der Waals surface area contributed by atoms with Crippen LogP contribution in [0.1, 0.15) is 20.3 Å². The van der Waals surface area contributed by atoms with Crippen molar-refractivity contribution in [1.82, 2.24) is 20.6 Å². The van der Waals surface area contributed by atoms with Gasteiger partial charge in [0.05, 0.1) is 22.7 Å². The van der Waals surface area contributed by atoms with Crippen molar-refractivity contribution >= 4 is 22.6 Å². The first-order valence-electron chi connectivity index (χ1n) is 9.26. The van der Waals surface area contributed by atoms with Gasteiger partial charge in [0.2, 0.25) is 5.91 Å². The molecule has 1 unspecified atom stereocenters. The van der Waals surface area contributed by atoms with E-state index in [2.05, 4.69) is 21.3 Å². The molecule has 1 atom stereocenters. The van der Waals surface area contributed by atoms with Crippen molar-refractivity contribution in [1.29, 1.82) is 0 Å². The lowest BCUT2D eigenvalue weighted by molar-refractivity contribution is -0.117. The molecule has 3 N–H and O–H groups in total. The topological polar surface area (TPSA) is 80.2 Å². The molecular weight excluding hydrogens is 361 g/mol. The SMILES string of the molecule is CC(C)Oc1cccc2c1c(NC(=O)C1CCNN1)nn2-c1ccc(F)cc1. The van der Waals surface area contributed by atoms with E-state index in [4.69, 9.17) is 4.74 Å². The number of aromatic nitrogens is 2. The van der Waals surface area contributed by atoms with Gasteiger partial charge in [-0.05, 0) is 56.7 Å². The second-order valence-electron chi connectivity index (χ2n) is 6.96. The van der Waals surface area contributed by atoms with Gasteiger partial charge in [-0.15, -0.1) is 5.10 Å². The summed E-state index contributed by atoms with van der Waals surface area (Å²) < 4.78 is 21.0. The molecule has 0 radical (unpaired) electrons. The number of carbonyl (C=O) groups is 1. The summed E-state index contributed by atoms with van der Waals surface area (Å²) in [5.74, 6) is 0.551. The number of benzene rings is 2. The fourth-order valence-electron chi connectivity index (χ4n) is 3.24. The predicted octanol–water partition coefficient (Wildman–Crippen LogP) is 2.76. The van der Waals surface area contributed by atoms with E-state index in [1.807, 2.05) is 32.0 Å². The molecule has 0 aliphatic carbocycles. The number of carbonyl (C=O) groups excluding carboxylic acids is 1. The maximum Gasteiger partial charge on any atom is 0.244 e. The van der Waals surface area contributed by atoms with Gasteiger partial charge in [-0.1, -0.05) is 6.07 Å². The van der Waals surface area contributed by atoms with Gasteiger partial charge in [-0.25, -0.2) is 14.5 Å². The predicted molar refractivity (Wildman–Crippen MR) is 105 cm³/mol. The molecule has 1 amide bonds. The number of halogens is 1. The Morgan fingerprint density at radius 1 is 1.29 bits per heavy atom. The van der Waals surface area contributed by atoms with E-state index < -0.39 is 0 Å². The Hall–Kier alpha value is -2.97. The zero-order valence-corrected chi connectivity index (χ0v) is 15.7. The number of hydrogen-bond donors (Lipinski definition) is 3. The number of nitrogens with one attached hydrogen (secondary N) is 3. The highest BCUT2D eigenvalue weighted by atomic mass is 19.1. The summed E-state index contributed by atoms with van der Waals surface area (Å²) in [6.07, 6.45) is 0.654. The van der Waals surface area contributed by atoms with E-state index in [1.165, 1.54) is 12.1 Å². The van der Waals surface area contributed by atoms with Crippen molar-refractivity contribution in [2.24, 2.45) is 0 Å². The molecule has 7 nitrogen and oxygen atoms in total. The van der Waals surface area contributed by atoms with E-state index in [9.17, 15) is 9.18 Å². The van der Waals surface area contributed by atoms with Crippen LogP contribution in [0.3, 0.4) is 0 Å². The number of amides is 1. The average Bonchev–Trinajstić information content (AvgIpc) is 3.31. The Balaban J connectivity index is 1.81. The van der Waals surface area contributed by atoms with Crippen molar-refractivity contribution in [3.8, 4) is 11.4 Å². The second kappa shape index (κ2) is 7.57. The van der Waals surface area contributed by atoms with E-state index in [0.717, 1.165) is 12.1 Å². The molecule has 4 rings (SSSR count). The van der Waals surface area contributed by atoms with Crippen LogP contribution in [0.4, 0.5) is 10.2 Å². The van der Waals surface area contributed by atoms with Gasteiger partial charge in [0, 0.05) is 6.54 Å². The fraction of sp³-hybridized carbons (Fsp3) is 0.300. The number of hydrogen-bond acceptors (Lipinski definition) is 5. The summed E-state index contributed by atoms with van der Waals surface area (Å²) in [6, 6.07) is 11.3. The summed E-state index contributed by atoms with van der Waals surface area (Å²) in [4.78, 5) is 12.6. The first-order valence-corrected chi connectivity index (χ1v) is 9.26. The highest BCUT2D eigenvalue weighted by molar-refractivity contribution is 6.04. The first-order chi connectivity index (χ1) is 13.5. The highest BCUT2D eigenvalue weighted by Crippen LogP contribution is 2.34. The molecule has 2 heterocycles. The highest BCUT2D eigenvalue weighted by Gasteiger charge is 2.25. The third-order valence-corrected chi connectivity index (χ3v) is 4.50. The van der Waals surface area contributed by atoms with Crippen LogP contribution >= 0.6 is 0 Å². The third kappa shape index (κ3) is 3.56. The minimum Gasteiger partial charge on any atom is -0.490 e. The van der Waals surface area contributed by atoms with Crippen LogP contribution in [0, 0.1) is 5.82 Å². The van der Waals surface area contributed by atoms with Crippen molar-refractivity contribution in [2.75, 3.05) is 11.9 Å². The molecule has 0 saturated carbocycles. The smallest absolute Gasteiger partial charge is 0.244 e. The number of nitrogens with zero attached hydrogens (tertiary/aromatic N) is 2. The molecule has 28 heavy (non-hydrogen) atoms. The van der Waals surface area contributed by atoms with Crippen LogP contribution in [-0.2, 0) is 4.79 Å². The summed E-state index contributed by atoms with van der Waals surface area (Å²) in [7, 11) is 0. The second-order valence-corrected chi connectivity index (χ2v) is 6.96. The molecular formula is C20H22FN5O2. The molecule has 3 aromatic rings.